The van der Waals surface area contributed by atoms with Gasteiger partial charge in [-0.2, -0.15) is 0 Å². The Balaban J connectivity index is 1.74. The van der Waals surface area contributed by atoms with Gasteiger partial charge in [-0.3, -0.25) is 4.79 Å². The van der Waals surface area contributed by atoms with E-state index in [0.29, 0.717) is 21.5 Å². The SMILES string of the molecule is O=C(c1ccccc1Cl)[C@@H]1OC(c2ccccc2)=N[C@H]1c1ccc(Cl)cc1. The van der Waals surface area contributed by atoms with Crippen molar-refractivity contribution < 1.29 is 9.53 Å². The van der Waals surface area contributed by atoms with E-state index in [1.807, 2.05) is 42.5 Å². The Morgan fingerprint density at radius 3 is 2.22 bits per heavy atom. The van der Waals surface area contributed by atoms with Crippen molar-refractivity contribution in [2.24, 2.45) is 4.99 Å². The summed E-state index contributed by atoms with van der Waals surface area (Å²) in [5.74, 6) is 0.246. The Hall–Kier alpha value is -2.62. The quantitative estimate of drug-likeness (QED) is 0.526. The smallest absolute Gasteiger partial charge is 0.217 e. The second-order valence-electron chi connectivity index (χ2n) is 6.18. The number of benzene rings is 3. The Labute approximate surface area is 167 Å². The van der Waals surface area contributed by atoms with Crippen LogP contribution >= 0.6 is 23.2 Å². The molecule has 3 aromatic carbocycles. The molecule has 27 heavy (non-hydrogen) atoms. The summed E-state index contributed by atoms with van der Waals surface area (Å²) in [4.78, 5) is 17.9. The number of ether oxygens (including phenoxy) is 1. The van der Waals surface area contributed by atoms with E-state index < -0.39 is 12.1 Å². The average molecular weight is 396 g/mol. The fraction of sp³-hybridized carbons (Fsp3) is 0.0909. The lowest BCUT2D eigenvalue weighted by molar-refractivity contribution is 0.0775. The van der Waals surface area contributed by atoms with E-state index >= 15 is 0 Å². The van der Waals surface area contributed by atoms with Crippen LogP contribution in [0.3, 0.4) is 0 Å². The lowest BCUT2D eigenvalue weighted by Crippen LogP contribution is -2.27. The molecule has 1 aliphatic heterocycles. The van der Waals surface area contributed by atoms with Crippen LogP contribution in [-0.2, 0) is 4.74 Å². The minimum absolute atomic E-state index is 0.199. The van der Waals surface area contributed by atoms with Gasteiger partial charge in [0.2, 0.25) is 11.7 Å². The number of carbonyl (C=O) groups excluding carboxylic acids is 1. The molecule has 0 fully saturated rings. The van der Waals surface area contributed by atoms with E-state index in [0.717, 1.165) is 11.1 Å². The van der Waals surface area contributed by atoms with Crippen LogP contribution in [0.2, 0.25) is 10.0 Å². The first-order chi connectivity index (χ1) is 13.1. The lowest BCUT2D eigenvalue weighted by Gasteiger charge is -2.17. The maximum absolute atomic E-state index is 13.2. The van der Waals surface area contributed by atoms with Gasteiger partial charge in [-0.05, 0) is 42.0 Å². The van der Waals surface area contributed by atoms with E-state index in [-0.39, 0.29) is 5.78 Å². The highest BCUT2D eigenvalue weighted by atomic mass is 35.5. The van der Waals surface area contributed by atoms with Gasteiger partial charge in [0.05, 0.1) is 5.02 Å². The summed E-state index contributed by atoms with van der Waals surface area (Å²) in [7, 11) is 0. The van der Waals surface area contributed by atoms with Crippen molar-refractivity contribution in [1.29, 1.82) is 0 Å². The van der Waals surface area contributed by atoms with Gasteiger partial charge in [-0.25, -0.2) is 4.99 Å². The highest BCUT2D eigenvalue weighted by molar-refractivity contribution is 6.34. The first-order valence-corrected chi connectivity index (χ1v) is 9.23. The molecule has 0 spiro atoms. The van der Waals surface area contributed by atoms with Gasteiger partial charge in [0, 0.05) is 16.1 Å². The molecule has 0 N–H and O–H groups in total. The molecule has 0 aromatic heterocycles. The Morgan fingerprint density at radius 2 is 1.52 bits per heavy atom. The zero-order valence-electron chi connectivity index (χ0n) is 14.2. The first kappa shape index (κ1) is 17.8. The van der Waals surface area contributed by atoms with Crippen molar-refractivity contribution in [3.8, 4) is 0 Å². The highest BCUT2D eigenvalue weighted by Crippen LogP contribution is 2.34. The van der Waals surface area contributed by atoms with Crippen LogP contribution in [0, 0.1) is 0 Å². The van der Waals surface area contributed by atoms with Gasteiger partial charge >= 0.3 is 0 Å². The zero-order valence-corrected chi connectivity index (χ0v) is 15.7. The van der Waals surface area contributed by atoms with Gasteiger partial charge in [0.15, 0.2) is 6.10 Å². The van der Waals surface area contributed by atoms with E-state index in [1.54, 1.807) is 36.4 Å². The summed E-state index contributed by atoms with van der Waals surface area (Å²) in [6.45, 7) is 0. The van der Waals surface area contributed by atoms with E-state index in [9.17, 15) is 4.79 Å². The number of Topliss-reactive ketones (excluding diaryl/α,β-unsaturated/α-hetero) is 1. The second kappa shape index (κ2) is 7.55. The van der Waals surface area contributed by atoms with Crippen molar-refractivity contribution in [3.63, 3.8) is 0 Å². The topological polar surface area (TPSA) is 38.7 Å². The molecule has 3 aromatic rings. The molecule has 0 bridgehead atoms. The Kier molecular flexibility index (Phi) is 4.97. The second-order valence-corrected chi connectivity index (χ2v) is 7.02. The van der Waals surface area contributed by atoms with Crippen molar-refractivity contribution in [3.05, 3.63) is 106 Å². The third kappa shape index (κ3) is 3.61. The van der Waals surface area contributed by atoms with E-state index in [1.165, 1.54) is 0 Å². The number of halogens is 2. The molecule has 4 rings (SSSR count). The van der Waals surface area contributed by atoms with Crippen LogP contribution in [0.25, 0.3) is 0 Å². The van der Waals surface area contributed by atoms with Crippen molar-refractivity contribution >= 4 is 34.9 Å². The number of hydrogen-bond donors (Lipinski definition) is 0. The van der Waals surface area contributed by atoms with E-state index in [4.69, 9.17) is 32.9 Å². The van der Waals surface area contributed by atoms with Crippen LogP contribution < -0.4 is 0 Å². The maximum Gasteiger partial charge on any atom is 0.217 e. The fourth-order valence-corrected chi connectivity index (χ4v) is 3.41. The molecule has 1 heterocycles. The summed E-state index contributed by atoms with van der Waals surface area (Å²) in [6, 6.07) is 23.3. The van der Waals surface area contributed by atoms with Crippen LogP contribution in [0.4, 0.5) is 0 Å². The first-order valence-electron chi connectivity index (χ1n) is 8.47. The number of rotatable bonds is 4. The summed E-state index contributed by atoms with van der Waals surface area (Å²) in [5.41, 5.74) is 2.11. The summed E-state index contributed by atoms with van der Waals surface area (Å²) in [5, 5.41) is 1.02. The van der Waals surface area contributed by atoms with E-state index in [2.05, 4.69) is 0 Å². The number of ketones is 1. The molecule has 134 valence electrons. The van der Waals surface area contributed by atoms with Gasteiger partial charge in [-0.1, -0.05) is 65.7 Å². The van der Waals surface area contributed by atoms with Crippen molar-refractivity contribution in [2.45, 2.75) is 12.1 Å². The standard InChI is InChI=1S/C22H15Cl2NO2/c23-16-12-10-14(11-13-16)19-21(20(26)17-8-4-5-9-18(17)24)27-22(25-19)15-6-2-1-3-7-15/h1-13,19,21H/t19-,21+/m0/s1. The van der Waals surface area contributed by atoms with Crippen molar-refractivity contribution in [2.75, 3.05) is 0 Å². The van der Waals surface area contributed by atoms with Gasteiger partial charge in [-0.15, -0.1) is 0 Å². The average Bonchev–Trinajstić information content (AvgIpc) is 3.14. The van der Waals surface area contributed by atoms with Crippen LogP contribution in [0.15, 0.2) is 83.9 Å². The molecule has 3 nitrogen and oxygen atoms in total. The Morgan fingerprint density at radius 1 is 0.852 bits per heavy atom. The van der Waals surface area contributed by atoms with Crippen LogP contribution in [0.1, 0.15) is 27.5 Å². The summed E-state index contributed by atoms with van der Waals surface area (Å²) >= 11 is 12.2. The third-order valence-electron chi connectivity index (χ3n) is 4.41. The van der Waals surface area contributed by atoms with Crippen molar-refractivity contribution in [1.82, 2.24) is 0 Å². The Bertz CT molecular complexity index is 1000. The molecule has 1 aliphatic rings. The molecule has 5 heteroatoms. The maximum atomic E-state index is 13.2. The molecular weight excluding hydrogens is 381 g/mol. The molecule has 0 radical (unpaired) electrons. The van der Waals surface area contributed by atoms with Crippen LogP contribution in [-0.4, -0.2) is 17.8 Å². The van der Waals surface area contributed by atoms with Crippen LogP contribution in [0.5, 0.6) is 0 Å². The predicted octanol–water partition coefficient (Wildman–Crippen LogP) is 5.76. The van der Waals surface area contributed by atoms with Gasteiger partial charge in [0.1, 0.15) is 6.04 Å². The lowest BCUT2D eigenvalue weighted by atomic mass is 9.96. The number of nitrogens with zero attached hydrogens (tertiary/aromatic N) is 1. The molecule has 0 saturated heterocycles. The monoisotopic (exact) mass is 395 g/mol. The minimum atomic E-state index is -0.790. The summed E-state index contributed by atoms with van der Waals surface area (Å²) < 4.78 is 6.02. The molecule has 2 atom stereocenters. The summed E-state index contributed by atoms with van der Waals surface area (Å²) in [6.07, 6.45) is -0.790. The highest BCUT2D eigenvalue weighted by Gasteiger charge is 2.39. The van der Waals surface area contributed by atoms with Gasteiger partial charge in [0.25, 0.3) is 0 Å². The molecular formula is C22H15Cl2NO2. The largest absolute Gasteiger partial charge is 0.463 e. The molecule has 0 saturated carbocycles. The zero-order chi connectivity index (χ0) is 18.8. The molecule has 0 aliphatic carbocycles. The minimum Gasteiger partial charge on any atom is -0.463 e. The normalized spacial score (nSPS) is 18.7. The molecule has 0 unspecified atom stereocenters. The number of carbonyl (C=O) groups is 1. The fourth-order valence-electron chi connectivity index (χ4n) is 3.05. The third-order valence-corrected chi connectivity index (χ3v) is 4.99. The predicted molar refractivity (Wildman–Crippen MR) is 108 cm³/mol. The number of aliphatic imine (C=N–C) groups is 1. The number of hydrogen-bond acceptors (Lipinski definition) is 3. The molecule has 0 amide bonds. The van der Waals surface area contributed by atoms with Gasteiger partial charge < -0.3 is 4.74 Å².